The molecule has 0 aliphatic heterocycles. The Bertz CT molecular complexity index is 959. The largest absolute Gasteiger partial charge is 0.487 e. The van der Waals surface area contributed by atoms with Gasteiger partial charge in [-0.1, -0.05) is 23.7 Å². The lowest BCUT2D eigenvalue weighted by Crippen LogP contribution is -2.22. The summed E-state index contributed by atoms with van der Waals surface area (Å²) in [7, 11) is 3.39. The first-order chi connectivity index (χ1) is 13.0. The van der Waals surface area contributed by atoms with Crippen LogP contribution in [0.4, 0.5) is 4.39 Å². The van der Waals surface area contributed by atoms with Crippen LogP contribution in [0.5, 0.6) is 5.75 Å². The molecule has 3 rings (SSSR count). The SMILES string of the molecule is CN(C)C(=O)c1cccnc1-c1ccc(OCc2ccc(F)cc2)c(Cl)c1. The van der Waals surface area contributed by atoms with Crippen molar-refractivity contribution >= 4 is 17.5 Å². The molecule has 0 N–H and O–H groups in total. The molecular formula is C21H18ClFN2O2. The van der Waals surface area contributed by atoms with E-state index >= 15 is 0 Å². The molecule has 1 aromatic heterocycles. The van der Waals surface area contributed by atoms with E-state index in [2.05, 4.69) is 4.98 Å². The van der Waals surface area contributed by atoms with Gasteiger partial charge in [0.25, 0.3) is 5.91 Å². The van der Waals surface area contributed by atoms with Crippen molar-refractivity contribution in [2.24, 2.45) is 0 Å². The summed E-state index contributed by atoms with van der Waals surface area (Å²) in [5, 5.41) is 0.406. The van der Waals surface area contributed by atoms with E-state index in [-0.39, 0.29) is 18.3 Å². The Morgan fingerprint density at radius 1 is 1.15 bits per heavy atom. The van der Waals surface area contributed by atoms with E-state index < -0.39 is 0 Å². The van der Waals surface area contributed by atoms with E-state index in [1.54, 1.807) is 62.8 Å². The van der Waals surface area contributed by atoms with Crippen molar-refractivity contribution < 1.29 is 13.9 Å². The number of rotatable bonds is 5. The van der Waals surface area contributed by atoms with Crippen molar-refractivity contribution in [3.8, 4) is 17.0 Å². The highest BCUT2D eigenvalue weighted by molar-refractivity contribution is 6.32. The topological polar surface area (TPSA) is 42.4 Å². The summed E-state index contributed by atoms with van der Waals surface area (Å²) in [6, 6.07) is 14.8. The summed E-state index contributed by atoms with van der Waals surface area (Å²) in [5.41, 5.74) is 2.61. The van der Waals surface area contributed by atoms with Gasteiger partial charge in [0.2, 0.25) is 0 Å². The highest BCUT2D eigenvalue weighted by Gasteiger charge is 2.16. The van der Waals surface area contributed by atoms with Gasteiger partial charge in [-0.3, -0.25) is 9.78 Å². The molecule has 4 nitrogen and oxygen atoms in total. The second-order valence-electron chi connectivity index (χ2n) is 6.16. The van der Waals surface area contributed by atoms with E-state index in [0.29, 0.717) is 22.0 Å². The molecule has 3 aromatic rings. The third-order valence-electron chi connectivity index (χ3n) is 3.96. The van der Waals surface area contributed by atoms with Crippen molar-refractivity contribution in [1.82, 2.24) is 9.88 Å². The number of hydrogen-bond donors (Lipinski definition) is 0. The van der Waals surface area contributed by atoms with Gasteiger partial charge < -0.3 is 9.64 Å². The fourth-order valence-corrected chi connectivity index (χ4v) is 2.79. The zero-order valence-corrected chi connectivity index (χ0v) is 15.7. The van der Waals surface area contributed by atoms with E-state index in [0.717, 1.165) is 11.1 Å². The predicted molar refractivity (Wildman–Crippen MR) is 103 cm³/mol. The van der Waals surface area contributed by atoms with Crippen LogP contribution in [0.15, 0.2) is 60.8 Å². The summed E-state index contributed by atoms with van der Waals surface area (Å²) in [6.45, 7) is 0.271. The van der Waals surface area contributed by atoms with E-state index in [1.165, 1.54) is 17.0 Å². The van der Waals surface area contributed by atoms with Crippen LogP contribution in [-0.2, 0) is 6.61 Å². The third-order valence-corrected chi connectivity index (χ3v) is 4.25. The number of halogens is 2. The van der Waals surface area contributed by atoms with E-state index in [4.69, 9.17) is 16.3 Å². The Hall–Kier alpha value is -2.92. The molecule has 0 spiro atoms. The van der Waals surface area contributed by atoms with Gasteiger partial charge in [0.1, 0.15) is 18.2 Å². The van der Waals surface area contributed by atoms with Crippen LogP contribution in [0.25, 0.3) is 11.3 Å². The van der Waals surface area contributed by atoms with Gasteiger partial charge in [-0.05, 0) is 48.0 Å². The van der Waals surface area contributed by atoms with Crippen LogP contribution >= 0.6 is 11.6 Å². The minimum atomic E-state index is -0.292. The highest BCUT2D eigenvalue weighted by Crippen LogP contribution is 2.31. The molecule has 6 heteroatoms. The predicted octanol–water partition coefficient (Wildman–Crippen LogP) is 4.82. The molecule has 2 aromatic carbocycles. The molecule has 0 unspecified atom stereocenters. The molecule has 0 saturated heterocycles. The number of nitrogens with zero attached hydrogens (tertiary/aromatic N) is 2. The van der Waals surface area contributed by atoms with Gasteiger partial charge in [-0.15, -0.1) is 0 Å². The minimum absolute atomic E-state index is 0.133. The second kappa shape index (κ2) is 8.18. The van der Waals surface area contributed by atoms with Gasteiger partial charge >= 0.3 is 0 Å². The maximum absolute atomic E-state index is 13.0. The molecule has 27 heavy (non-hydrogen) atoms. The Balaban J connectivity index is 1.83. The third kappa shape index (κ3) is 4.44. The maximum atomic E-state index is 13.0. The van der Waals surface area contributed by atoms with E-state index in [1.807, 2.05) is 0 Å². The number of benzene rings is 2. The Morgan fingerprint density at radius 3 is 2.56 bits per heavy atom. The minimum Gasteiger partial charge on any atom is -0.487 e. The van der Waals surface area contributed by atoms with Crippen LogP contribution in [0.1, 0.15) is 15.9 Å². The van der Waals surface area contributed by atoms with Gasteiger partial charge in [0.15, 0.2) is 0 Å². The van der Waals surface area contributed by atoms with Gasteiger partial charge in [0, 0.05) is 25.9 Å². The molecule has 0 saturated carbocycles. The number of carbonyl (C=O) groups is 1. The standard InChI is InChI=1S/C21H18ClFN2O2/c1-25(2)21(26)17-4-3-11-24-20(17)15-7-10-19(18(22)12-15)27-13-14-5-8-16(23)9-6-14/h3-12H,13H2,1-2H3. The Kier molecular flexibility index (Phi) is 5.72. The monoisotopic (exact) mass is 384 g/mol. The van der Waals surface area contributed by atoms with Crippen LogP contribution in [-0.4, -0.2) is 29.9 Å². The quantitative estimate of drug-likeness (QED) is 0.633. The van der Waals surface area contributed by atoms with Crippen molar-refractivity contribution in [2.45, 2.75) is 6.61 Å². The highest BCUT2D eigenvalue weighted by atomic mass is 35.5. The Morgan fingerprint density at radius 2 is 1.89 bits per heavy atom. The first-order valence-corrected chi connectivity index (χ1v) is 8.67. The average molecular weight is 385 g/mol. The molecule has 138 valence electrons. The fraction of sp³-hybridized carbons (Fsp3) is 0.143. The van der Waals surface area contributed by atoms with Crippen molar-refractivity contribution in [1.29, 1.82) is 0 Å². The summed E-state index contributed by atoms with van der Waals surface area (Å²) in [6.07, 6.45) is 1.63. The van der Waals surface area contributed by atoms with Crippen molar-refractivity contribution in [2.75, 3.05) is 14.1 Å². The average Bonchev–Trinajstić information content (AvgIpc) is 2.67. The van der Waals surface area contributed by atoms with Gasteiger partial charge in [0.05, 0.1) is 16.3 Å². The molecule has 0 aliphatic rings. The van der Waals surface area contributed by atoms with Gasteiger partial charge in [-0.25, -0.2) is 4.39 Å². The van der Waals surface area contributed by atoms with Crippen molar-refractivity contribution in [3.63, 3.8) is 0 Å². The lowest BCUT2D eigenvalue weighted by atomic mass is 10.0. The zero-order valence-electron chi connectivity index (χ0n) is 14.9. The van der Waals surface area contributed by atoms with Crippen LogP contribution in [0.2, 0.25) is 5.02 Å². The van der Waals surface area contributed by atoms with Crippen LogP contribution in [0.3, 0.4) is 0 Å². The normalized spacial score (nSPS) is 10.5. The smallest absolute Gasteiger partial charge is 0.255 e. The number of aromatic nitrogens is 1. The van der Waals surface area contributed by atoms with Crippen LogP contribution < -0.4 is 4.74 Å². The zero-order chi connectivity index (χ0) is 19.4. The van der Waals surface area contributed by atoms with E-state index in [9.17, 15) is 9.18 Å². The van der Waals surface area contributed by atoms with Gasteiger partial charge in [-0.2, -0.15) is 0 Å². The molecule has 0 atom stereocenters. The number of amides is 1. The van der Waals surface area contributed by atoms with Crippen molar-refractivity contribution in [3.05, 3.63) is 82.8 Å². The first kappa shape index (κ1) is 18.9. The number of pyridine rings is 1. The molecule has 0 radical (unpaired) electrons. The number of carbonyl (C=O) groups excluding carboxylic acids is 1. The summed E-state index contributed by atoms with van der Waals surface area (Å²) >= 11 is 6.36. The molecule has 0 bridgehead atoms. The second-order valence-corrected chi connectivity index (χ2v) is 6.57. The maximum Gasteiger partial charge on any atom is 0.255 e. The molecule has 1 amide bonds. The summed E-state index contributed by atoms with van der Waals surface area (Å²) in [5.74, 6) is 0.0755. The molecule has 0 aliphatic carbocycles. The molecule has 1 heterocycles. The summed E-state index contributed by atoms with van der Waals surface area (Å²) in [4.78, 5) is 18.2. The summed E-state index contributed by atoms with van der Waals surface area (Å²) < 4.78 is 18.7. The molecular weight excluding hydrogens is 367 g/mol. The number of ether oxygens (including phenoxy) is 1. The number of hydrogen-bond acceptors (Lipinski definition) is 3. The molecule has 0 fully saturated rings. The van der Waals surface area contributed by atoms with Crippen LogP contribution in [0, 0.1) is 5.82 Å². The lowest BCUT2D eigenvalue weighted by molar-refractivity contribution is 0.0828. The Labute approximate surface area is 162 Å². The lowest BCUT2D eigenvalue weighted by Gasteiger charge is -2.14. The first-order valence-electron chi connectivity index (χ1n) is 8.29. The fourth-order valence-electron chi connectivity index (χ4n) is 2.56.